The van der Waals surface area contributed by atoms with E-state index in [-0.39, 0.29) is 0 Å². The fourth-order valence-electron chi connectivity index (χ4n) is 2.74. The second-order valence-electron chi connectivity index (χ2n) is 5.03. The third-order valence-electron chi connectivity index (χ3n) is 3.70. The van der Waals surface area contributed by atoms with Gasteiger partial charge >= 0.3 is 0 Å². The summed E-state index contributed by atoms with van der Waals surface area (Å²) in [4.78, 5) is 0. The highest BCUT2D eigenvalue weighted by molar-refractivity contribution is 5.45. The highest BCUT2D eigenvalue weighted by Gasteiger charge is 2.17. The van der Waals surface area contributed by atoms with E-state index in [4.69, 9.17) is 9.47 Å². The van der Waals surface area contributed by atoms with Gasteiger partial charge in [-0.25, -0.2) is 0 Å². The van der Waals surface area contributed by atoms with Crippen LogP contribution < -0.4 is 9.47 Å². The summed E-state index contributed by atoms with van der Waals surface area (Å²) in [6.07, 6.45) is 9.31. The van der Waals surface area contributed by atoms with E-state index in [0.29, 0.717) is 6.79 Å². The maximum absolute atomic E-state index is 5.42. The predicted octanol–water partition coefficient (Wildman–Crippen LogP) is 3.89. The molecule has 1 aromatic rings. The van der Waals surface area contributed by atoms with E-state index in [1.54, 1.807) is 5.92 Å². The Morgan fingerprint density at radius 2 is 1.65 bits per heavy atom. The summed E-state index contributed by atoms with van der Waals surface area (Å²) < 4.78 is 10.8. The highest BCUT2D eigenvalue weighted by Crippen LogP contribution is 2.35. The minimum absolute atomic E-state index is 0.370. The number of ether oxygens (including phenoxy) is 2. The molecule has 1 aliphatic heterocycles. The number of rotatable bonds is 2. The van der Waals surface area contributed by atoms with Gasteiger partial charge in [0.05, 0.1) is 0 Å². The van der Waals surface area contributed by atoms with Crippen molar-refractivity contribution in [1.82, 2.24) is 0 Å². The lowest BCUT2D eigenvalue weighted by atomic mass is 9.92. The fourth-order valence-corrected chi connectivity index (χ4v) is 2.74. The molecule has 0 aromatic heterocycles. The molecule has 1 fully saturated rings. The molecule has 1 heterocycles. The average Bonchev–Trinajstić information content (AvgIpc) is 2.65. The van der Waals surface area contributed by atoms with Gasteiger partial charge in [-0.15, -0.1) is 0 Å². The molecule has 0 N–H and O–H groups in total. The summed E-state index contributed by atoms with van der Waals surface area (Å²) >= 11 is 0. The van der Waals surface area contributed by atoms with Crippen molar-refractivity contribution in [3.63, 3.8) is 0 Å². The Balaban J connectivity index is 1.67. The molecule has 91 valence electrons. The molecule has 0 unspecified atom stereocenters. The highest BCUT2D eigenvalue weighted by atomic mass is 16.7. The van der Waals surface area contributed by atoms with E-state index in [0.717, 1.165) is 17.9 Å². The quantitative estimate of drug-likeness (QED) is 0.719. The van der Waals surface area contributed by atoms with E-state index in [9.17, 15) is 0 Å². The van der Waals surface area contributed by atoms with Crippen molar-refractivity contribution >= 4 is 0 Å². The van der Waals surface area contributed by atoms with Gasteiger partial charge in [-0.3, -0.25) is 0 Å². The first-order valence-electron chi connectivity index (χ1n) is 6.64. The SMILES string of the molecule is c1cc2c(cc1C[C]1CCCCCC1)OCO2. The van der Waals surface area contributed by atoms with Crippen molar-refractivity contribution in [3.8, 4) is 11.5 Å². The molecular formula is C15H19O2. The third kappa shape index (κ3) is 2.56. The van der Waals surface area contributed by atoms with Crippen LogP contribution in [0.3, 0.4) is 0 Å². The van der Waals surface area contributed by atoms with Gasteiger partial charge in [-0.2, -0.15) is 0 Å². The lowest BCUT2D eigenvalue weighted by Crippen LogP contribution is -2.00. The van der Waals surface area contributed by atoms with Crippen molar-refractivity contribution in [1.29, 1.82) is 0 Å². The Kier molecular flexibility index (Phi) is 3.21. The van der Waals surface area contributed by atoms with Crippen LogP contribution in [0.15, 0.2) is 18.2 Å². The minimum Gasteiger partial charge on any atom is -0.454 e. The number of hydrogen-bond donors (Lipinski definition) is 0. The summed E-state index contributed by atoms with van der Waals surface area (Å²) in [5.74, 6) is 3.51. The maximum atomic E-state index is 5.42. The predicted molar refractivity (Wildman–Crippen MR) is 67.2 cm³/mol. The molecule has 2 aliphatic rings. The Hall–Kier alpha value is -1.18. The monoisotopic (exact) mass is 231 g/mol. The molecule has 2 nitrogen and oxygen atoms in total. The van der Waals surface area contributed by atoms with Crippen molar-refractivity contribution in [2.45, 2.75) is 44.9 Å². The van der Waals surface area contributed by atoms with Crippen LogP contribution in [0.5, 0.6) is 11.5 Å². The Labute approximate surface area is 103 Å². The summed E-state index contributed by atoms with van der Waals surface area (Å²) in [5, 5.41) is 0. The molecule has 1 radical (unpaired) electrons. The smallest absolute Gasteiger partial charge is 0.231 e. The number of fused-ring (bicyclic) bond motifs is 1. The molecule has 0 amide bonds. The Morgan fingerprint density at radius 3 is 2.47 bits per heavy atom. The standard InChI is InChI=1S/C15H19O2/c1-2-4-6-12(5-3-1)9-13-7-8-14-15(10-13)17-11-16-14/h7-8,10H,1-6,9,11H2. The lowest BCUT2D eigenvalue weighted by molar-refractivity contribution is 0.174. The van der Waals surface area contributed by atoms with E-state index in [2.05, 4.69) is 12.1 Å². The number of benzene rings is 1. The van der Waals surface area contributed by atoms with E-state index in [1.807, 2.05) is 6.07 Å². The van der Waals surface area contributed by atoms with Gasteiger partial charge in [0.2, 0.25) is 6.79 Å². The van der Waals surface area contributed by atoms with E-state index >= 15 is 0 Å². The summed E-state index contributed by atoms with van der Waals surface area (Å²) in [7, 11) is 0. The van der Waals surface area contributed by atoms with Gasteiger partial charge < -0.3 is 9.47 Å². The molecule has 3 rings (SSSR count). The number of hydrogen-bond acceptors (Lipinski definition) is 2. The van der Waals surface area contributed by atoms with E-state index < -0.39 is 0 Å². The van der Waals surface area contributed by atoms with Gasteiger partial charge in [0.25, 0.3) is 0 Å². The fraction of sp³-hybridized carbons (Fsp3) is 0.533. The van der Waals surface area contributed by atoms with Gasteiger partial charge in [0.15, 0.2) is 11.5 Å². The first kappa shape index (κ1) is 10.9. The summed E-state index contributed by atoms with van der Waals surface area (Å²) in [6, 6.07) is 6.35. The first-order valence-corrected chi connectivity index (χ1v) is 6.64. The van der Waals surface area contributed by atoms with Crippen molar-refractivity contribution in [2.24, 2.45) is 0 Å². The van der Waals surface area contributed by atoms with Gasteiger partial charge in [-0.1, -0.05) is 31.7 Å². The third-order valence-corrected chi connectivity index (χ3v) is 3.70. The first-order chi connectivity index (χ1) is 8.42. The van der Waals surface area contributed by atoms with E-state index in [1.165, 1.54) is 44.1 Å². The molecular weight excluding hydrogens is 212 g/mol. The van der Waals surface area contributed by atoms with Crippen LogP contribution in [0.4, 0.5) is 0 Å². The summed E-state index contributed by atoms with van der Waals surface area (Å²) in [5.41, 5.74) is 1.37. The zero-order valence-corrected chi connectivity index (χ0v) is 10.2. The van der Waals surface area contributed by atoms with Crippen LogP contribution in [0.25, 0.3) is 0 Å². The molecule has 0 saturated heterocycles. The Bertz CT molecular complexity index is 379. The lowest BCUT2D eigenvalue weighted by Gasteiger charge is -2.13. The van der Waals surface area contributed by atoms with Crippen LogP contribution in [-0.2, 0) is 6.42 Å². The molecule has 1 saturated carbocycles. The van der Waals surface area contributed by atoms with Gasteiger partial charge in [0, 0.05) is 0 Å². The van der Waals surface area contributed by atoms with Crippen LogP contribution in [0.1, 0.15) is 44.1 Å². The van der Waals surface area contributed by atoms with Crippen molar-refractivity contribution in [3.05, 3.63) is 29.7 Å². The minimum atomic E-state index is 0.370. The van der Waals surface area contributed by atoms with Crippen LogP contribution in [0, 0.1) is 5.92 Å². The second-order valence-corrected chi connectivity index (χ2v) is 5.03. The molecule has 1 aliphatic carbocycles. The topological polar surface area (TPSA) is 18.5 Å². The molecule has 0 atom stereocenters. The molecule has 2 heteroatoms. The van der Waals surface area contributed by atoms with Crippen molar-refractivity contribution < 1.29 is 9.47 Å². The molecule has 0 bridgehead atoms. The van der Waals surface area contributed by atoms with Gasteiger partial charge in [0.1, 0.15) is 0 Å². The molecule has 1 aromatic carbocycles. The van der Waals surface area contributed by atoms with Crippen molar-refractivity contribution in [2.75, 3.05) is 6.79 Å². The zero-order valence-electron chi connectivity index (χ0n) is 10.2. The normalized spacial score (nSPS) is 20.2. The molecule has 17 heavy (non-hydrogen) atoms. The Morgan fingerprint density at radius 1 is 0.882 bits per heavy atom. The maximum Gasteiger partial charge on any atom is 0.231 e. The largest absolute Gasteiger partial charge is 0.454 e. The van der Waals surface area contributed by atoms with Crippen LogP contribution in [-0.4, -0.2) is 6.79 Å². The zero-order chi connectivity index (χ0) is 11.5. The van der Waals surface area contributed by atoms with Crippen LogP contribution in [0.2, 0.25) is 0 Å². The molecule has 0 spiro atoms. The van der Waals surface area contributed by atoms with Crippen LogP contribution >= 0.6 is 0 Å². The van der Waals surface area contributed by atoms with Gasteiger partial charge in [-0.05, 0) is 42.9 Å². The summed E-state index contributed by atoms with van der Waals surface area (Å²) in [6.45, 7) is 0.370. The second kappa shape index (κ2) is 4.99. The average molecular weight is 231 g/mol.